The van der Waals surface area contributed by atoms with Gasteiger partial charge in [-0.05, 0) is 36.4 Å². The molecule has 8 heteroatoms. The van der Waals surface area contributed by atoms with Crippen LogP contribution in [-0.4, -0.2) is 86.6 Å². The van der Waals surface area contributed by atoms with E-state index in [9.17, 15) is 4.79 Å². The number of nitrogens with zero attached hydrogens (tertiary/aromatic N) is 4. The molecule has 2 saturated heterocycles. The molecule has 0 aliphatic carbocycles. The van der Waals surface area contributed by atoms with Gasteiger partial charge in [0.25, 0.3) is 0 Å². The summed E-state index contributed by atoms with van der Waals surface area (Å²) in [6.07, 6.45) is 0. The average molecular weight is 449 g/mol. The Morgan fingerprint density at radius 3 is 2.20 bits per heavy atom. The lowest BCUT2D eigenvalue weighted by atomic mass is 10.2. The van der Waals surface area contributed by atoms with Crippen LogP contribution in [0.25, 0.3) is 0 Å². The summed E-state index contributed by atoms with van der Waals surface area (Å²) in [7, 11) is 1.68. The molecule has 0 bridgehead atoms. The van der Waals surface area contributed by atoms with Crippen LogP contribution in [-0.2, 0) is 11.3 Å². The summed E-state index contributed by atoms with van der Waals surface area (Å²) >= 11 is 7.68. The van der Waals surface area contributed by atoms with Gasteiger partial charge in [0.05, 0.1) is 18.0 Å². The third-order valence-electron chi connectivity index (χ3n) is 5.90. The summed E-state index contributed by atoms with van der Waals surface area (Å²) in [6.45, 7) is 8.65. The topological polar surface area (TPSA) is 39.3 Å². The Bertz CT molecular complexity index is 828. The minimum Gasteiger partial charge on any atom is -0.497 e. The number of methoxy groups -OCH3 is 1. The normalized spacial score (nSPS) is 18.6. The number of halogens is 1. The lowest BCUT2D eigenvalue weighted by Gasteiger charge is -2.38. The van der Waals surface area contributed by atoms with Crippen molar-refractivity contribution in [1.29, 1.82) is 0 Å². The average Bonchev–Trinajstić information content (AvgIpc) is 3.20. The van der Waals surface area contributed by atoms with Gasteiger partial charge in [-0.15, -0.1) is 11.3 Å². The molecule has 0 atom stereocenters. The van der Waals surface area contributed by atoms with Gasteiger partial charge in [-0.1, -0.05) is 11.6 Å². The number of carbonyl (C=O) groups is 1. The van der Waals surface area contributed by atoms with E-state index in [0.29, 0.717) is 6.54 Å². The monoisotopic (exact) mass is 448 g/mol. The summed E-state index contributed by atoms with van der Waals surface area (Å²) < 4.78 is 6.08. The molecule has 4 rings (SSSR count). The van der Waals surface area contributed by atoms with Crippen molar-refractivity contribution in [1.82, 2.24) is 14.7 Å². The summed E-state index contributed by atoms with van der Waals surface area (Å²) in [5.41, 5.74) is 1.19. The molecular formula is C22H29ClN4O2S. The number of carbonyl (C=O) groups excluding carboxylic acids is 1. The molecule has 1 aromatic carbocycles. The summed E-state index contributed by atoms with van der Waals surface area (Å²) in [6, 6.07) is 12.2. The van der Waals surface area contributed by atoms with Crippen molar-refractivity contribution in [2.45, 2.75) is 6.54 Å². The molecule has 162 valence electrons. The lowest BCUT2D eigenvalue weighted by molar-refractivity contribution is -0.133. The van der Waals surface area contributed by atoms with E-state index in [4.69, 9.17) is 16.3 Å². The maximum atomic E-state index is 12.8. The van der Waals surface area contributed by atoms with Crippen molar-refractivity contribution in [3.63, 3.8) is 0 Å². The highest BCUT2D eigenvalue weighted by atomic mass is 35.5. The van der Waals surface area contributed by atoms with Crippen molar-refractivity contribution in [2.75, 3.05) is 70.9 Å². The minimum atomic E-state index is 0.253. The first kappa shape index (κ1) is 21.4. The fraction of sp³-hybridized carbons (Fsp3) is 0.500. The first-order valence-electron chi connectivity index (χ1n) is 10.5. The van der Waals surface area contributed by atoms with Gasteiger partial charge >= 0.3 is 0 Å². The largest absolute Gasteiger partial charge is 0.497 e. The first-order chi connectivity index (χ1) is 14.6. The third-order valence-corrected chi connectivity index (χ3v) is 7.12. The van der Waals surface area contributed by atoms with Crippen LogP contribution in [0.1, 0.15) is 4.88 Å². The van der Waals surface area contributed by atoms with Gasteiger partial charge in [-0.25, -0.2) is 0 Å². The minimum absolute atomic E-state index is 0.253. The van der Waals surface area contributed by atoms with E-state index in [-0.39, 0.29) is 5.91 Å². The fourth-order valence-corrected chi connectivity index (χ4v) is 5.19. The van der Waals surface area contributed by atoms with Crippen LogP contribution in [0.5, 0.6) is 5.75 Å². The zero-order valence-corrected chi connectivity index (χ0v) is 19.0. The Morgan fingerprint density at radius 2 is 1.60 bits per heavy atom. The molecule has 1 aromatic heterocycles. The Balaban J connectivity index is 1.19. The predicted molar refractivity (Wildman–Crippen MR) is 123 cm³/mol. The number of thiophene rings is 1. The number of rotatable bonds is 6. The molecule has 0 saturated carbocycles. The highest BCUT2D eigenvalue weighted by Gasteiger charge is 2.25. The van der Waals surface area contributed by atoms with E-state index < -0.39 is 0 Å². The van der Waals surface area contributed by atoms with Gasteiger partial charge in [0.2, 0.25) is 5.91 Å². The second-order valence-corrected chi connectivity index (χ2v) is 9.62. The number of hydrogen-bond acceptors (Lipinski definition) is 6. The van der Waals surface area contributed by atoms with Gasteiger partial charge in [0, 0.05) is 69.5 Å². The van der Waals surface area contributed by atoms with Crippen molar-refractivity contribution < 1.29 is 9.53 Å². The van der Waals surface area contributed by atoms with Crippen LogP contribution in [0.3, 0.4) is 0 Å². The maximum Gasteiger partial charge on any atom is 0.236 e. The Kier molecular flexibility index (Phi) is 7.15. The molecule has 1 amide bonds. The molecule has 2 aromatic rings. The molecule has 2 aliphatic rings. The summed E-state index contributed by atoms with van der Waals surface area (Å²) in [5, 5.41) is 0. The number of benzene rings is 1. The first-order valence-corrected chi connectivity index (χ1v) is 11.7. The van der Waals surface area contributed by atoms with E-state index >= 15 is 0 Å². The van der Waals surface area contributed by atoms with Crippen molar-refractivity contribution in [2.24, 2.45) is 0 Å². The molecule has 2 fully saturated rings. The highest BCUT2D eigenvalue weighted by Crippen LogP contribution is 2.23. The smallest absolute Gasteiger partial charge is 0.236 e. The molecule has 0 N–H and O–H groups in total. The zero-order valence-electron chi connectivity index (χ0n) is 17.4. The molecular weight excluding hydrogens is 420 g/mol. The molecule has 0 unspecified atom stereocenters. The molecule has 0 radical (unpaired) electrons. The summed E-state index contributed by atoms with van der Waals surface area (Å²) in [4.78, 5) is 23.2. The Morgan fingerprint density at radius 1 is 0.933 bits per heavy atom. The van der Waals surface area contributed by atoms with Gasteiger partial charge in [-0.3, -0.25) is 14.6 Å². The van der Waals surface area contributed by atoms with Gasteiger partial charge < -0.3 is 14.5 Å². The Hall–Kier alpha value is -1.80. The van der Waals surface area contributed by atoms with Gasteiger partial charge in [-0.2, -0.15) is 0 Å². The molecule has 3 heterocycles. The Labute approximate surface area is 187 Å². The third kappa shape index (κ3) is 5.46. The van der Waals surface area contributed by atoms with Crippen LogP contribution >= 0.6 is 22.9 Å². The lowest BCUT2D eigenvalue weighted by Crippen LogP contribution is -2.53. The molecule has 0 spiro atoms. The van der Waals surface area contributed by atoms with E-state index in [2.05, 4.69) is 32.9 Å². The van der Waals surface area contributed by atoms with Crippen LogP contribution < -0.4 is 9.64 Å². The summed E-state index contributed by atoms with van der Waals surface area (Å²) in [5.74, 6) is 1.12. The standard InChI is InChI=1S/C22H29ClN4O2S/c1-29-19-4-2-18(3-5-19)26-12-14-27(15-13-26)22(28)17-25-10-8-24(9-11-25)16-20-6-7-21(23)30-20/h2-7H,8-17H2,1H3. The van der Waals surface area contributed by atoms with E-state index in [0.717, 1.165) is 69.0 Å². The quantitative estimate of drug-likeness (QED) is 0.679. The highest BCUT2D eigenvalue weighted by molar-refractivity contribution is 7.16. The van der Waals surface area contributed by atoms with Gasteiger partial charge in [0.1, 0.15) is 5.75 Å². The number of anilines is 1. The number of ether oxygens (including phenoxy) is 1. The second-order valence-electron chi connectivity index (χ2n) is 7.82. The van der Waals surface area contributed by atoms with Gasteiger partial charge in [0.15, 0.2) is 0 Å². The maximum absolute atomic E-state index is 12.8. The van der Waals surface area contributed by atoms with Crippen LogP contribution in [0.4, 0.5) is 5.69 Å². The van der Waals surface area contributed by atoms with E-state index in [1.807, 2.05) is 23.1 Å². The van der Waals surface area contributed by atoms with Crippen molar-refractivity contribution >= 4 is 34.5 Å². The fourth-order valence-electron chi connectivity index (χ4n) is 4.06. The van der Waals surface area contributed by atoms with Crippen LogP contribution in [0.2, 0.25) is 4.34 Å². The van der Waals surface area contributed by atoms with Crippen LogP contribution in [0, 0.1) is 0 Å². The molecule has 2 aliphatic heterocycles. The molecule has 30 heavy (non-hydrogen) atoms. The number of amides is 1. The second kappa shape index (κ2) is 10.0. The van der Waals surface area contributed by atoms with Crippen molar-refractivity contribution in [3.05, 3.63) is 45.6 Å². The SMILES string of the molecule is COc1ccc(N2CCN(C(=O)CN3CCN(Cc4ccc(Cl)s4)CC3)CC2)cc1. The van der Waals surface area contributed by atoms with E-state index in [1.54, 1.807) is 18.4 Å². The number of piperazine rings is 2. The predicted octanol–water partition coefficient (Wildman–Crippen LogP) is 2.88. The van der Waals surface area contributed by atoms with E-state index in [1.165, 1.54) is 10.6 Å². The zero-order chi connectivity index (χ0) is 20.9. The molecule has 6 nitrogen and oxygen atoms in total. The van der Waals surface area contributed by atoms with Crippen LogP contribution in [0.15, 0.2) is 36.4 Å². The number of hydrogen-bond donors (Lipinski definition) is 0. The van der Waals surface area contributed by atoms with Crippen molar-refractivity contribution in [3.8, 4) is 5.75 Å².